The fourth-order valence-electron chi connectivity index (χ4n) is 1.86. The average molecular weight is 202 g/mol. The lowest BCUT2D eigenvalue weighted by atomic mass is 10.1. The molecule has 2 rings (SSSR count). The highest BCUT2D eigenvalue weighted by Gasteiger charge is 2.15. The van der Waals surface area contributed by atoms with Crippen LogP contribution in [0.2, 0.25) is 0 Å². The molecule has 1 aromatic heterocycles. The molecule has 0 unspecified atom stereocenters. The first-order chi connectivity index (χ1) is 5.88. The summed E-state index contributed by atoms with van der Waals surface area (Å²) < 4.78 is 2.29. The van der Waals surface area contributed by atoms with Crippen molar-refractivity contribution in [1.82, 2.24) is 14.9 Å². The number of hydrogen-bond donors (Lipinski definition) is 1. The lowest BCUT2D eigenvalue weighted by Crippen LogP contribution is -2.29. The van der Waals surface area contributed by atoms with Gasteiger partial charge in [0.1, 0.15) is 5.82 Å². The molecule has 74 valence electrons. The standard InChI is InChI=1S/C9H15N3.ClH/c1-8-11-6-7-12(8)9-2-4-10-5-3-9;/h6-7,9-10H,2-5H2,1H3;1H. The molecule has 1 saturated heterocycles. The SMILES string of the molecule is Cc1nccn1C1CCNCC1.Cl. The molecule has 1 aromatic rings. The number of nitrogens with one attached hydrogen (secondary N) is 1. The smallest absolute Gasteiger partial charge is 0.105 e. The van der Waals surface area contributed by atoms with Gasteiger partial charge in [-0.2, -0.15) is 0 Å². The van der Waals surface area contributed by atoms with Gasteiger partial charge in [0.2, 0.25) is 0 Å². The van der Waals surface area contributed by atoms with E-state index >= 15 is 0 Å². The van der Waals surface area contributed by atoms with Gasteiger partial charge in [-0.25, -0.2) is 4.98 Å². The molecule has 2 heterocycles. The van der Waals surface area contributed by atoms with Crippen molar-refractivity contribution < 1.29 is 0 Å². The van der Waals surface area contributed by atoms with Gasteiger partial charge in [0.05, 0.1) is 0 Å². The van der Waals surface area contributed by atoms with Crippen LogP contribution in [0.3, 0.4) is 0 Å². The molecular weight excluding hydrogens is 186 g/mol. The van der Waals surface area contributed by atoms with Gasteiger partial charge in [-0.15, -0.1) is 12.4 Å². The highest BCUT2D eigenvalue weighted by Crippen LogP contribution is 2.19. The van der Waals surface area contributed by atoms with Crippen LogP contribution >= 0.6 is 12.4 Å². The molecule has 0 aromatic carbocycles. The third-order valence-electron chi connectivity index (χ3n) is 2.56. The molecule has 0 atom stereocenters. The molecule has 0 saturated carbocycles. The number of aromatic nitrogens is 2. The molecule has 0 radical (unpaired) electrons. The monoisotopic (exact) mass is 201 g/mol. The van der Waals surface area contributed by atoms with Gasteiger partial charge in [-0.3, -0.25) is 0 Å². The van der Waals surface area contributed by atoms with Crippen LogP contribution in [0.4, 0.5) is 0 Å². The summed E-state index contributed by atoms with van der Waals surface area (Å²) >= 11 is 0. The number of piperidine rings is 1. The van der Waals surface area contributed by atoms with Crippen LogP contribution in [0.25, 0.3) is 0 Å². The Balaban J connectivity index is 0.000000845. The lowest BCUT2D eigenvalue weighted by molar-refractivity contribution is 0.363. The van der Waals surface area contributed by atoms with E-state index < -0.39 is 0 Å². The van der Waals surface area contributed by atoms with E-state index in [0.29, 0.717) is 6.04 Å². The summed E-state index contributed by atoms with van der Waals surface area (Å²) in [6.07, 6.45) is 6.44. The van der Waals surface area contributed by atoms with Crippen LogP contribution in [-0.4, -0.2) is 22.6 Å². The second-order valence-corrected chi connectivity index (χ2v) is 3.36. The van der Waals surface area contributed by atoms with E-state index in [2.05, 4.69) is 28.0 Å². The molecule has 0 spiro atoms. The largest absolute Gasteiger partial charge is 0.332 e. The summed E-state index contributed by atoms with van der Waals surface area (Å²) in [5, 5.41) is 3.36. The van der Waals surface area contributed by atoms with Gasteiger partial charge in [0.25, 0.3) is 0 Å². The molecule has 1 aliphatic rings. The van der Waals surface area contributed by atoms with E-state index in [1.807, 2.05) is 6.20 Å². The zero-order valence-electron chi connectivity index (χ0n) is 7.86. The Morgan fingerprint density at radius 2 is 2.15 bits per heavy atom. The summed E-state index contributed by atoms with van der Waals surface area (Å²) in [5.41, 5.74) is 0. The van der Waals surface area contributed by atoms with E-state index in [0.717, 1.165) is 18.9 Å². The Labute approximate surface area is 85.0 Å². The van der Waals surface area contributed by atoms with Gasteiger partial charge in [-0.1, -0.05) is 0 Å². The van der Waals surface area contributed by atoms with Crippen LogP contribution < -0.4 is 5.32 Å². The number of rotatable bonds is 1. The Bertz CT molecular complexity index is 253. The van der Waals surface area contributed by atoms with E-state index in [1.165, 1.54) is 12.8 Å². The van der Waals surface area contributed by atoms with E-state index in [9.17, 15) is 0 Å². The number of aryl methyl sites for hydroxylation is 1. The topological polar surface area (TPSA) is 29.9 Å². The average Bonchev–Trinajstić information content (AvgIpc) is 2.53. The molecule has 3 nitrogen and oxygen atoms in total. The lowest BCUT2D eigenvalue weighted by Gasteiger charge is -2.24. The summed E-state index contributed by atoms with van der Waals surface area (Å²) in [7, 11) is 0. The maximum absolute atomic E-state index is 4.23. The molecule has 4 heteroatoms. The van der Waals surface area contributed by atoms with Crippen LogP contribution in [0.15, 0.2) is 12.4 Å². The minimum Gasteiger partial charge on any atom is -0.332 e. The van der Waals surface area contributed by atoms with Gasteiger partial charge < -0.3 is 9.88 Å². The Morgan fingerprint density at radius 3 is 2.69 bits per heavy atom. The van der Waals surface area contributed by atoms with Crippen molar-refractivity contribution in [2.24, 2.45) is 0 Å². The highest BCUT2D eigenvalue weighted by molar-refractivity contribution is 5.85. The van der Waals surface area contributed by atoms with Gasteiger partial charge in [0.15, 0.2) is 0 Å². The predicted molar refractivity (Wildman–Crippen MR) is 55.4 cm³/mol. The van der Waals surface area contributed by atoms with Crippen molar-refractivity contribution in [3.63, 3.8) is 0 Å². The second kappa shape index (κ2) is 4.63. The van der Waals surface area contributed by atoms with Gasteiger partial charge in [-0.05, 0) is 32.9 Å². The first-order valence-corrected chi connectivity index (χ1v) is 4.58. The van der Waals surface area contributed by atoms with E-state index in [-0.39, 0.29) is 12.4 Å². The number of halogens is 1. The van der Waals surface area contributed by atoms with Crippen molar-refractivity contribution >= 4 is 12.4 Å². The fourth-order valence-corrected chi connectivity index (χ4v) is 1.86. The maximum atomic E-state index is 4.23. The normalized spacial score (nSPS) is 18.2. The minimum absolute atomic E-state index is 0. The second-order valence-electron chi connectivity index (χ2n) is 3.36. The number of nitrogens with zero attached hydrogens (tertiary/aromatic N) is 2. The summed E-state index contributed by atoms with van der Waals surface area (Å²) in [5.74, 6) is 1.14. The quantitative estimate of drug-likeness (QED) is 0.747. The third kappa shape index (κ3) is 2.23. The summed E-state index contributed by atoms with van der Waals surface area (Å²) in [6, 6.07) is 0.675. The fraction of sp³-hybridized carbons (Fsp3) is 0.667. The zero-order valence-corrected chi connectivity index (χ0v) is 8.68. The van der Waals surface area contributed by atoms with Crippen molar-refractivity contribution in [2.45, 2.75) is 25.8 Å². The first kappa shape index (κ1) is 10.5. The summed E-state index contributed by atoms with van der Waals surface area (Å²) in [4.78, 5) is 4.23. The van der Waals surface area contributed by atoms with E-state index in [1.54, 1.807) is 0 Å². The molecule has 0 amide bonds. The van der Waals surface area contributed by atoms with Crippen molar-refractivity contribution in [2.75, 3.05) is 13.1 Å². The van der Waals surface area contributed by atoms with Crippen molar-refractivity contribution in [3.05, 3.63) is 18.2 Å². The highest BCUT2D eigenvalue weighted by atomic mass is 35.5. The minimum atomic E-state index is 0. The number of hydrogen-bond acceptors (Lipinski definition) is 2. The molecule has 1 fully saturated rings. The molecular formula is C9H16ClN3. The zero-order chi connectivity index (χ0) is 8.39. The molecule has 0 bridgehead atoms. The van der Waals surface area contributed by atoms with Crippen LogP contribution in [0.5, 0.6) is 0 Å². The number of imidazole rings is 1. The molecule has 1 aliphatic heterocycles. The molecule has 1 N–H and O–H groups in total. The van der Waals surface area contributed by atoms with Crippen LogP contribution in [0, 0.1) is 6.92 Å². The van der Waals surface area contributed by atoms with Crippen molar-refractivity contribution in [3.8, 4) is 0 Å². The predicted octanol–water partition coefficient (Wildman–Crippen LogP) is 1.54. The Morgan fingerprint density at radius 1 is 1.46 bits per heavy atom. The molecule has 13 heavy (non-hydrogen) atoms. The van der Waals surface area contributed by atoms with Gasteiger partial charge in [0, 0.05) is 18.4 Å². The molecule has 0 aliphatic carbocycles. The Kier molecular flexibility index (Phi) is 3.75. The van der Waals surface area contributed by atoms with Gasteiger partial charge >= 0.3 is 0 Å². The van der Waals surface area contributed by atoms with Crippen LogP contribution in [-0.2, 0) is 0 Å². The summed E-state index contributed by atoms with van der Waals surface area (Å²) in [6.45, 7) is 4.35. The van der Waals surface area contributed by atoms with Crippen LogP contribution in [0.1, 0.15) is 24.7 Å². The van der Waals surface area contributed by atoms with E-state index in [4.69, 9.17) is 0 Å². The van der Waals surface area contributed by atoms with Crippen molar-refractivity contribution in [1.29, 1.82) is 0 Å². The first-order valence-electron chi connectivity index (χ1n) is 4.58. The maximum Gasteiger partial charge on any atom is 0.105 e. The Hall–Kier alpha value is -0.540. The third-order valence-corrected chi connectivity index (χ3v) is 2.56.